The Morgan fingerprint density at radius 3 is 2.24 bits per heavy atom. The van der Waals surface area contributed by atoms with Crippen LogP contribution in [0.5, 0.6) is 0 Å². The van der Waals surface area contributed by atoms with Crippen molar-refractivity contribution in [2.45, 2.75) is 58.8 Å². The van der Waals surface area contributed by atoms with Crippen molar-refractivity contribution >= 4 is 5.97 Å². The SMILES string of the molecule is CCCCCCOC(=O)c1ccc(-c2ncc(CCCC)cn2)cc1. The normalized spacial score (nSPS) is 10.6. The number of esters is 1. The lowest BCUT2D eigenvalue weighted by atomic mass is 10.1. The molecular weight excluding hydrogens is 312 g/mol. The van der Waals surface area contributed by atoms with Crippen molar-refractivity contribution in [3.63, 3.8) is 0 Å². The molecule has 0 spiro atoms. The van der Waals surface area contributed by atoms with E-state index in [1.54, 1.807) is 12.1 Å². The Labute approximate surface area is 150 Å². The molecule has 0 aliphatic rings. The summed E-state index contributed by atoms with van der Waals surface area (Å²) >= 11 is 0. The van der Waals surface area contributed by atoms with Gasteiger partial charge in [0.2, 0.25) is 0 Å². The average Bonchev–Trinajstić information content (AvgIpc) is 2.66. The highest BCUT2D eigenvalue weighted by molar-refractivity contribution is 5.89. The lowest BCUT2D eigenvalue weighted by Crippen LogP contribution is -2.06. The molecule has 134 valence electrons. The number of hydrogen-bond donors (Lipinski definition) is 0. The molecule has 25 heavy (non-hydrogen) atoms. The fourth-order valence-electron chi connectivity index (χ4n) is 2.55. The van der Waals surface area contributed by atoms with Crippen LogP contribution in [-0.4, -0.2) is 22.5 Å². The number of benzene rings is 1. The van der Waals surface area contributed by atoms with Crippen LogP contribution in [0.25, 0.3) is 11.4 Å². The molecular formula is C21H28N2O2. The number of hydrogen-bond acceptors (Lipinski definition) is 4. The largest absolute Gasteiger partial charge is 0.462 e. The number of nitrogens with zero attached hydrogens (tertiary/aromatic N) is 2. The van der Waals surface area contributed by atoms with E-state index in [9.17, 15) is 4.79 Å². The fraction of sp³-hybridized carbons (Fsp3) is 0.476. The minimum Gasteiger partial charge on any atom is -0.462 e. The molecule has 0 fully saturated rings. The van der Waals surface area contributed by atoms with Crippen molar-refractivity contribution in [2.24, 2.45) is 0 Å². The molecule has 0 aliphatic carbocycles. The van der Waals surface area contributed by atoms with Gasteiger partial charge in [0.15, 0.2) is 5.82 Å². The van der Waals surface area contributed by atoms with Gasteiger partial charge in [-0.1, -0.05) is 51.7 Å². The molecule has 1 heterocycles. The molecule has 0 amide bonds. The summed E-state index contributed by atoms with van der Waals surface area (Å²) in [5.74, 6) is 0.415. The van der Waals surface area contributed by atoms with Crippen LogP contribution in [0.2, 0.25) is 0 Å². The number of aryl methyl sites for hydroxylation is 1. The lowest BCUT2D eigenvalue weighted by molar-refractivity contribution is 0.0498. The summed E-state index contributed by atoms with van der Waals surface area (Å²) in [5.41, 5.74) is 2.63. The van der Waals surface area contributed by atoms with E-state index in [0.29, 0.717) is 18.0 Å². The second kappa shape index (κ2) is 10.6. The highest BCUT2D eigenvalue weighted by Crippen LogP contribution is 2.16. The maximum absolute atomic E-state index is 12.0. The molecule has 0 saturated carbocycles. The van der Waals surface area contributed by atoms with Gasteiger partial charge in [-0.25, -0.2) is 14.8 Å². The Morgan fingerprint density at radius 1 is 0.920 bits per heavy atom. The Morgan fingerprint density at radius 2 is 1.60 bits per heavy atom. The van der Waals surface area contributed by atoms with Crippen molar-refractivity contribution in [3.05, 3.63) is 47.8 Å². The van der Waals surface area contributed by atoms with Crippen LogP contribution in [0.1, 0.15) is 68.3 Å². The van der Waals surface area contributed by atoms with E-state index < -0.39 is 0 Å². The molecule has 4 heteroatoms. The quantitative estimate of drug-likeness (QED) is 0.439. The highest BCUT2D eigenvalue weighted by atomic mass is 16.5. The van der Waals surface area contributed by atoms with E-state index in [4.69, 9.17) is 4.74 Å². The number of aromatic nitrogens is 2. The molecule has 0 radical (unpaired) electrons. The van der Waals surface area contributed by atoms with Gasteiger partial charge in [0, 0.05) is 18.0 Å². The first-order chi connectivity index (χ1) is 12.2. The number of ether oxygens (including phenoxy) is 1. The second-order valence-corrected chi connectivity index (χ2v) is 6.29. The third kappa shape index (κ3) is 6.29. The van der Waals surface area contributed by atoms with Gasteiger partial charge < -0.3 is 4.74 Å². The van der Waals surface area contributed by atoms with Crippen LogP contribution < -0.4 is 0 Å². The third-order valence-electron chi connectivity index (χ3n) is 4.13. The van der Waals surface area contributed by atoms with Gasteiger partial charge in [-0.05, 0) is 37.0 Å². The topological polar surface area (TPSA) is 52.1 Å². The Balaban J connectivity index is 1.89. The van der Waals surface area contributed by atoms with Crippen LogP contribution in [0.3, 0.4) is 0 Å². The van der Waals surface area contributed by atoms with E-state index in [-0.39, 0.29) is 5.97 Å². The number of rotatable bonds is 10. The summed E-state index contributed by atoms with van der Waals surface area (Å²) in [7, 11) is 0. The summed E-state index contributed by atoms with van der Waals surface area (Å²) in [5, 5.41) is 0. The van der Waals surface area contributed by atoms with E-state index in [2.05, 4.69) is 23.8 Å². The predicted octanol–water partition coefficient (Wildman–Crippen LogP) is 5.22. The van der Waals surface area contributed by atoms with Gasteiger partial charge in [-0.3, -0.25) is 0 Å². The van der Waals surface area contributed by atoms with Crippen molar-refractivity contribution in [1.29, 1.82) is 0 Å². The first kappa shape index (κ1) is 19.1. The molecule has 0 aliphatic heterocycles. The van der Waals surface area contributed by atoms with Crippen LogP contribution in [0.15, 0.2) is 36.7 Å². The first-order valence-corrected chi connectivity index (χ1v) is 9.33. The van der Waals surface area contributed by atoms with E-state index in [1.807, 2.05) is 24.5 Å². The highest BCUT2D eigenvalue weighted by Gasteiger charge is 2.08. The maximum atomic E-state index is 12.0. The number of carbonyl (C=O) groups is 1. The number of carbonyl (C=O) groups excluding carboxylic acids is 1. The van der Waals surface area contributed by atoms with Crippen molar-refractivity contribution < 1.29 is 9.53 Å². The van der Waals surface area contributed by atoms with E-state index in [0.717, 1.165) is 43.2 Å². The first-order valence-electron chi connectivity index (χ1n) is 9.33. The monoisotopic (exact) mass is 340 g/mol. The summed E-state index contributed by atoms with van der Waals surface area (Å²) < 4.78 is 5.30. The fourth-order valence-corrected chi connectivity index (χ4v) is 2.55. The predicted molar refractivity (Wildman–Crippen MR) is 101 cm³/mol. The lowest BCUT2D eigenvalue weighted by Gasteiger charge is -2.06. The van der Waals surface area contributed by atoms with Crippen molar-refractivity contribution in [2.75, 3.05) is 6.61 Å². The zero-order valence-electron chi connectivity index (χ0n) is 15.3. The van der Waals surface area contributed by atoms with Crippen LogP contribution >= 0.6 is 0 Å². The molecule has 1 aromatic carbocycles. The van der Waals surface area contributed by atoms with Crippen LogP contribution in [0, 0.1) is 0 Å². The molecule has 2 rings (SSSR count). The minimum absolute atomic E-state index is 0.265. The Hall–Kier alpha value is -2.23. The molecule has 1 aromatic heterocycles. The zero-order valence-corrected chi connectivity index (χ0v) is 15.3. The molecule has 0 N–H and O–H groups in total. The summed E-state index contributed by atoms with van der Waals surface area (Å²) in [6.45, 7) is 4.83. The van der Waals surface area contributed by atoms with Gasteiger partial charge in [-0.2, -0.15) is 0 Å². The standard InChI is InChI=1S/C21H28N2O2/c1-3-5-7-8-14-25-21(24)19-12-10-18(11-13-19)20-22-15-17(16-23-20)9-6-4-2/h10-13,15-16H,3-9,14H2,1-2H3. The minimum atomic E-state index is -0.265. The zero-order chi connectivity index (χ0) is 17.9. The molecule has 2 aromatic rings. The van der Waals surface area contributed by atoms with E-state index in [1.165, 1.54) is 12.8 Å². The molecule has 0 saturated heterocycles. The molecule has 4 nitrogen and oxygen atoms in total. The average molecular weight is 340 g/mol. The maximum Gasteiger partial charge on any atom is 0.338 e. The van der Waals surface area contributed by atoms with Gasteiger partial charge in [0.25, 0.3) is 0 Å². The van der Waals surface area contributed by atoms with Gasteiger partial charge in [0.1, 0.15) is 0 Å². The van der Waals surface area contributed by atoms with Gasteiger partial charge in [0.05, 0.1) is 12.2 Å². The van der Waals surface area contributed by atoms with E-state index >= 15 is 0 Å². The number of unbranched alkanes of at least 4 members (excludes halogenated alkanes) is 4. The molecule has 0 atom stereocenters. The molecule has 0 unspecified atom stereocenters. The van der Waals surface area contributed by atoms with Crippen LogP contribution in [0.4, 0.5) is 0 Å². The second-order valence-electron chi connectivity index (χ2n) is 6.29. The van der Waals surface area contributed by atoms with Crippen molar-refractivity contribution in [3.8, 4) is 11.4 Å². The smallest absolute Gasteiger partial charge is 0.338 e. The summed E-state index contributed by atoms with van der Waals surface area (Å²) in [6.07, 6.45) is 11.5. The summed E-state index contributed by atoms with van der Waals surface area (Å²) in [6, 6.07) is 7.29. The third-order valence-corrected chi connectivity index (χ3v) is 4.13. The van der Waals surface area contributed by atoms with Crippen LogP contribution in [-0.2, 0) is 11.2 Å². The van der Waals surface area contributed by atoms with Gasteiger partial charge in [-0.15, -0.1) is 0 Å². The Kier molecular flexibility index (Phi) is 8.10. The summed E-state index contributed by atoms with van der Waals surface area (Å²) in [4.78, 5) is 20.9. The van der Waals surface area contributed by atoms with Crippen molar-refractivity contribution in [1.82, 2.24) is 9.97 Å². The molecule has 0 bridgehead atoms. The Bertz CT molecular complexity index is 636. The van der Waals surface area contributed by atoms with Gasteiger partial charge >= 0.3 is 5.97 Å².